The molecule has 0 spiro atoms. The molecule has 4 N–H and O–H groups in total. The second-order valence-corrected chi connectivity index (χ2v) is 7.44. The number of H-pyrrole nitrogens is 1. The van der Waals surface area contributed by atoms with E-state index < -0.39 is 6.04 Å². The fourth-order valence-corrected chi connectivity index (χ4v) is 4.10. The fraction of sp³-hybridized carbons (Fsp3) is 0.286. The highest BCUT2D eigenvalue weighted by Gasteiger charge is 2.36. The van der Waals surface area contributed by atoms with Crippen LogP contribution in [0.3, 0.4) is 0 Å². The number of carbonyl (C=O) groups excluding carboxylic acids is 1. The molecule has 4 rings (SSSR count). The summed E-state index contributed by atoms with van der Waals surface area (Å²) in [6.45, 7) is 2.48. The number of nitrogens with zero attached hydrogens (tertiary/aromatic N) is 1. The number of carbonyl (C=O) groups is 1. The molecule has 1 amide bonds. The van der Waals surface area contributed by atoms with Crippen molar-refractivity contribution in [1.82, 2.24) is 9.88 Å². The number of phenolic OH excluding ortho intramolecular Hbond substituents is 1. The summed E-state index contributed by atoms with van der Waals surface area (Å²) in [4.78, 5) is 18.3. The highest BCUT2D eigenvalue weighted by molar-refractivity contribution is 6.31. The SMILES string of the molecule is CCC(N)C(=O)N1CCc2c([nH]c3ccc(Cl)cc23)C1c1cccc(O)c1. The number of nitrogens with two attached hydrogens (primary N) is 1. The zero-order chi connectivity index (χ0) is 19.1. The van der Waals surface area contributed by atoms with Crippen molar-refractivity contribution in [1.29, 1.82) is 0 Å². The quantitative estimate of drug-likeness (QED) is 0.644. The zero-order valence-electron chi connectivity index (χ0n) is 15.1. The van der Waals surface area contributed by atoms with E-state index in [0.29, 0.717) is 18.0 Å². The summed E-state index contributed by atoms with van der Waals surface area (Å²) in [6, 6.07) is 12.0. The summed E-state index contributed by atoms with van der Waals surface area (Å²) in [6.07, 6.45) is 1.31. The zero-order valence-corrected chi connectivity index (χ0v) is 15.8. The maximum atomic E-state index is 13.0. The van der Waals surface area contributed by atoms with Crippen molar-refractivity contribution in [3.63, 3.8) is 0 Å². The third-order valence-electron chi connectivity index (χ3n) is 5.32. The molecule has 0 radical (unpaired) electrons. The van der Waals surface area contributed by atoms with Crippen LogP contribution in [0.1, 0.15) is 36.2 Å². The van der Waals surface area contributed by atoms with Crippen LogP contribution in [0.4, 0.5) is 0 Å². The van der Waals surface area contributed by atoms with Crippen molar-refractivity contribution in [2.24, 2.45) is 5.73 Å². The van der Waals surface area contributed by atoms with Crippen molar-refractivity contribution in [2.45, 2.75) is 31.8 Å². The van der Waals surface area contributed by atoms with Gasteiger partial charge in [0.25, 0.3) is 0 Å². The molecule has 6 heteroatoms. The van der Waals surface area contributed by atoms with Gasteiger partial charge in [-0.25, -0.2) is 0 Å². The maximum absolute atomic E-state index is 13.0. The van der Waals surface area contributed by atoms with Gasteiger partial charge < -0.3 is 20.7 Å². The fourth-order valence-electron chi connectivity index (χ4n) is 3.93. The van der Waals surface area contributed by atoms with Crippen molar-refractivity contribution in [2.75, 3.05) is 6.54 Å². The Bertz CT molecular complexity index is 1010. The molecule has 2 unspecified atom stereocenters. The van der Waals surface area contributed by atoms with Gasteiger partial charge in [0.1, 0.15) is 5.75 Å². The highest BCUT2D eigenvalue weighted by atomic mass is 35.5. The van der Waals surface area contributed by atoms with E-state index in [1.54, 1.807) is 18.2 Å². The number of amides is 1. The van der Waals surface area contributed by atoms with E-state index in [1.165, 1.54) is 0 Å². The molecule has 27 heavy (non-hydrogen) atoms. The lowest BCUT2D eigenvalue weighted by molar-refractivity contribution is -0.134. The number of aromatic hydroxyl groups is 1. The van der Waals surface area contributed by atoms with Crippen LogP contribution in [0.25, 0.3) is 10.9 Å². The van der Waals surface area contributed by atoms with E-state index in [-0.39, 0.29) is 17.7 Å². The molecule has 0 saturated carbocycles. The first-order chi connectivity index (χ1) is 13.0. The predicted octanol–water partition coefficient (Wildman–Crippen LogP) is 3.74. The van der Waals surface area contributed by atoms with Crippen LogP contribution in [0.15, 0.2) is 42.5 Å². The summed E-state index contributed by atoms with van der Waals surface area (Å²) >= 11 is 6.20. The van der Waals surface area contributed by atoms with Gasteiger partial charge in [0.15, 0.2) is 0 Å². The van der Waals surface area contributed by atoms with E-state index in [2.05, 4.69) is 4.98 Å². The van der Waals surface area contributed by atoms with E-state index in [1.807, 2.05) is 36.1 Å². The van der Waals surface area contributed by atoms with E-state index in [0.717, 1.165) is 34.1 Å². The lowest BCUT2D eigenvalue weighted by Crippen LogP contribution is -2.48. The Morgan fingerprint density at radius 3 is 2.93 bits per heavy atom. The van der Waals surface area contributed by atoms with Crippen LogP contribution in [0.2, 0.25) is 5.02 Å². The molecule has 1 aromatic heterocycles. The summed E-state index contributed by atoms with van der Waals surface area (Å²) < 4.78 is 0. The topological polar surface area (TPSA) is 82.4 Å². The smallest absolute Gasteiger partial charge is 0.240 e. The number of halogens is 1. The number of hydrogen-bond acceptors (Lipinski definition) is 3. The van der Waals surface area contributed by atoms with E-state index >= 15 is 0 Å². The van der Waals surface area contributed by atoms with Crippen LogP contribution < -0.4 is 5.73 Å². The van der Waals surface area contributed by atoms with Gasteiger partial charge in [-0.05, 0) is 54.3 Å². The molecule has 0 saturated heterocycles. The molecule has 1 aliphatic rings. The van der Waals surface area contributed by atoms with Gasteiger partial charge in [-0.1, -0.05) is 30.7 Å². The minimum Gasteiger partial charge on any atom is -0.508 e. The Hall–Kier alpha value is -2.50. The minimum atomic E-state index is -0.537. The van der Waals surface area contributed by atoms with Gasteiger partial charge in [-0.2, -0.15) is 0 Å². The summed E-state index contributed by atoms with van der Waals surface area (Å²) in [5, 5.41) is 11.8. The first-order valence-corrected chi connectivity index (χ1v) is 9.52. The second kappa shape index (κ2) is 6.91. The molecule has 1 aliphatic heterocycles. The van der Waals surface area contributed by atoms with Gasteiger partial charge in [0.05, 0.1) is 12.1 Å². The number of benzene rings is 2. The number of hydrogen-bond donors (Lipinski definition) is 3. The molecule has 0 bridgehead atoms. The Balaban J connectivity index is 1.90. The standard InChI is InChI=1S/C21H22ClN3O2/c1-2-17(23)21(27)25-9-8-15-16-11-13(22)6-7-18(16)24-19(15)20(25)12-4-3-5-14(26)10-12/h3-7,10-11,17,20,24,26H,2,8-9,23H2,1H3. The average molecular weight is 384 g/mol. The Labute approximate surface area is 162 Å². The van der Waals surface area contributed by atoms with E-state index in [9.17, 15) is 9.90 Å². The van der Waals surface area contributed by atoms with Gasteiger partial charge in [0, 0.05) is 28.2 Å². The average Bonchev–Trinajstić information content (AvgIpc) is 3.03. The first-order valence-electron chi connectivity index (χ1n) is 9.14. The molecule has 2 heterocycles. The third kappa shape index (κ3) is 3.07. The molecule has 5 nitrogen and oxygen atoms in total. The number of aromatic nitrogens is 1. The van der Waals surface area contributed by atoms with E-state index in [4.69, 9.17) is 17.3 Å². The first kappa shape index (κ1) is 17.9. The van der Waals surface area contributed by atoms with Gasteiger partial charge in [0.2, 0.25) is 5.91 Å². The molecular weight excluding hydrogens is 362 g/mol. The van der Waals surface area contributed by atoms with Crippen LogP contribution in [-0.4, -0.2) is 33.5 Å². The number of fused-ring (bicyclic) bond motifs is 3. The molecule has 140 valence electrons. The van der Waals surface area contributed by atoms with Crippen molar-refractivity contribution in [3.05, 3.63) is 64.3 Å². The molecule has 0 aliphatic carbocycles. The van der Waals surface area contributed by atoms with Gasteiger partial charge in [-0.3, -0.25) is 4.79 Å². The van der Waals surface area contributed by atoms with Crippen molar-refractivity contribution < 1.29 is 9.90 Å². The maximum Gasteiger partial charge on any atom is 0.240 e. The third-order valence-corrected chi connectivity index (χ3v) is 5.55. The van der Waals surface area contributed by atoms with Crippen LogP contribution in [0.5, 0.6) is 5.75 Å². The largest absolute Gasteiger partial charge is 0.508 e. The number of nitrogens with one attached hydrogen (secondary N) is 1. The Morgan fingerprint density at radius 1 is 1.37 bits per heavy atom. The van der Waals surface area contributed by atoms with Crippen molar-refractivity contribution >= 4 is 28.4 Å². The number of phenols is 1. The monoisotopic (exact) mass is 383 g/mol. The predicted molar refractivity (Wildman–Crippen MR) is 107 cm³/mol. The highest BCUT2D eigenvalue weighted by Crippen LogP contribution is 2.40. The lowest BCUT2D eigenvalue weighted by atomic mass is 9.91. The summed E-state index contributed by atoms with van der Waals surface area (Å²) in [5.41, 5.74) is 10.0. The molecular formula is C21H22ClN3O2. The lowest BCUT2D eigenvalue weighted by Gasteiger charge is -2.37. The molecule has 2 aromatic carbocycles. The molecule has 3 aromatic rings. The summed E-state index contributed by atoms with van der Waals surface area (Å²) in [7, 11) is 0. The van der Waals surface area contributed by atoms with Crippen LogP contribution >= 0.6 is 11.6 Å². The van der Waals surface area contributed by atoms with Gasteiger partial charge in [-0.15, -0.1) is 0 Å². The van der Waals surface area contributed by atoms with Gasteiger partial charge >= 0.3 is 0 Å². The van der Waals surface area contributed by atoms with Crippen molar-refractivity contribution in [3.8, 4) is 5.75 Å². The molecule has 0 fully saturated rings. The molecule has 2 atom stereocenters. The Morgan fingerprint density at radius 2 is 2.19 bits per heavy atom. The van der Waals surface area contributed by atoms with Crippen LogP contribution in [-0.2, 0) is 11.2 Å². The summed E-state index contributed by atoms with van der Waals surface area (Å²) in [5.74, 6) is 0.0964. The Kier molecular flexibility index (Phi) is 4.58. The number of rotatable bonds is 3. The minimum absolute atomic E-state index is 0.0758. The second-order valence-electron chi connectivity index (χ2n) is 7.00. The normalized spacial score (nSPS) is 17.7. The van der Waals surface area contributed by atoms with Crippen LogP contribution in [0, 0.1) is 0 Å². The number of aromatic amines is 1.